The molecule has 4 amide bonds. The Morgan fingerprint density at radius 1 is 1.05 bits per heavy atom. The molecule has 3 aromatic rings. The van der Waals surface area contributed by atoms with Crippen LogP contribution in [0.5, 0.6) is 17.2 Å². The number of hydrogen-bond acceptors (Lipinski definition) is 6. The molecule has 3 aromatic carbocycles. The molecule has 0 radical (unpaired) electrons. The fraction of sp³-hybridized carbons (Fsp3) is 0.207. The number of urea groups is 1. The molecular weight excluding hydrogens is 613 g/mol. The SMILES string of the molecule is CCOc1cc(/C=C2/NC(=O)N(CC(=O)Nc3ccccc3OC)C2=O)cc(I)c1OCc1cccc(C)c1. The molecule has 0 spiro atoms. The summed E-state index contributed by atoms with van der Waals surface area (Å²) in [6.07, 6.45) is 1.55. The Morgan fingerprint density at radius 3 is 2.59 bits per heavy atom. The monoisotopic (exact) mass is 641 g/mol. The fourth-order valence-electron chi connectivity index (χ4n) is 3.99. The molecular formula is C29H28IN3O6. The van der Waals surface area contributed by atoms with Gasteiger partial charge in [-0.05, 0) is 77.9 Å². The van der Waals surface area contributed by atoms with E-state index in [1.54, 1.807) is 36.4 Å². The Balaban J connectivity index is 1.49. The number of imide groups is 1. The van der Waals surface area contributed by atoms with E-state index < -0.39 is 24.4 Å². The van der Waals surface area contributed by atoms with Gasteiger partial charge in [-0.25, -0.2) is 9.69 Å². The highest BCUT2D eigenvalue weighted by molar-refractivity contribution is 14.1. The number of ether oxygens (including phenoxy) is 3. The van der Waals surface area contributed by atoms with Crippen LogP contribution in [-0.4, -0.2) is 43.0 Å². The number of carbonyl (C=O) groups excluding carboxylic acids is 3. The van der Waals surface area contributed by atoms with E-state index in [1.165, 1.54) is 7.11 Å². The Kier molecular flexibility index (Phi) is 9.07. The molecule has 202 valence electrons. The van der Waals surface area contributed by atoms with Gasteiger partial charge < -0.3 is 24.8 Å². The number of carbonyl (C=O) groups is 3. The van der Waals surface area contributed by atoms with Crippen molar-refractivity contribution in [2.75, 3.05) is 25.6 Å². The predicted molar refractivity (Wildman–Crippen MR) is 156 cm³/mol. The van der Waals surface area contributed by atoms with E-state index >= 15 is 0 Å². The summed E-state index contributed by atoms with van der Waals surface area (Å²) in [7, 11) is 1.49. The van der Waals surface area contributed by atoms with E-state index in [2.05, 4.69) is 39.3 Å². The van der Waals surface area contributed by atoms with Gasteiger partial charge in [0.25, 0.3) is 5.91 Å². The number of nitrogens with zero attached hydrogens (tertiary/aromatic N) is 1. The van der Waals surface area contributed by atoms with Crippen LogP contribution in [0.15, 0.2) is 66.4 Å². The summed E-state index contributed by atoms with van der Waals surface area (Å²) in [6.45, 7) is 4.24. The molecule has 9 nitrogen and oxygen atoms in total. The minimum absolute atomic E-state index is 0.0526. The minimum Gasteiger partial charge on any atom is -0.495 e. The molecule has 1 saturated heterocycles. The summed E-state index contributed by atoms with van der Waals surface area (Å²) in [5, 5.41) is 5.22. The lowest BCUT2D eigenvalue weighted by atomic mass is 10.1. The van der Waals surface area contributed by atoms with E-state index in [9.17, 15) is 14.4 Å². The van der Waals surface area contributed by atoms with E-state index in [-0.39, 0.29) is 5.70 Å². The lowest BCUT2D eigenvalue weighted by Gasteiger charge is -2.15. The molecule has 10 heteroatoms. The van der Waals surface area contributed by atoms with Crippen LogP contribution < -0.4 is 24.8 Å². The number of methoxy groups -OCH3 is 1. The predicted octanol–water partition coefficient (Wildman–Crippen LogP) is 5.12. The molecule has 1 aliphatic rings. The van der Waals surface area contributed by atoms with Gasteiger partial charge in [-0.2, -0.15) is 0 Å². The molecule has 39 heavy (non-hydrogen) atoms. The second kappa shape index (κ2) is 12.7. The van der Waals surface area contributed by atoms with Gasteiger partial charge in [0.05, 0.1) is 23.0 Å². The third-order valence-corrected chi connectivity index (χ3v) is 6.55. The number of para-hydroxylation sites is 2. The van der Waals surface area contributed by atoms with Gasteiger partial charge in [-0.15, -0.1) is 0 Å². The van der Waals surface area contributed by atoms with Crippen molar-refractivity contribution < 1.29 is 28.6 Å². The maximum Gasteiger partial charge on any atom is 0.329 e. The smallest absolute Gasteiger partial charge is 0.329 e. The average Bonchev–Trinajstić information content (AvgIpc) is 3.16. The van der Waals surface area contributed by atoms with Crippen LogP contribution >= 0.6 is 22.6 Å². The molecule has 0 saturated carbocycles. The van der Waals surface area contributed by atoms with Crippen molar-refractivity contribution in [3.8, 4) is 17.2 Å². The second-order valence-corrected chi connectivity index (χ2v) is 9.83. The number of halogens is 1. The topological polar surface area (TPSA) is 106 Å². The van der Waals surface area contributed by atoms with Crippen molar-refractivity contribution >= 4 is 52.2 Å². The van der Waals surface area contributed by atoms with E-state index in [1.807, 2.05) is 38.1 Å². The third-order valence-electron chi connectivity index (χ3n) is 5.75. The zero-order valence-electron chi connectivity index (χ0n) is 21.7. The zero-order valence-corrected chi connectivity index (χ0v) is 23.9. The van der Waals surface area contributed by atoms with Gasteiger partial charge in [0.2, 0.25) is 5.91 Å². The lowest BCUT2D eigenvalue weighted by Crippen LogP contribution is -2.38. The molecule has 0 aliphatic carbocycles. The third kappa shape index (κ3) is 6.88. The number of nitrogens with one attached hydrogen (secondary N) is 2. The molecule has 0 bridgehead atoms. The van der Waals surface area contributed by atoms with Crippen LogP contribution in [0.25, 0.3) is 6.08 Å². The number of aryl methyl sites for hydroxylation is 1. The maximum atomic E-state index is 13.0. The Hall–Kier alpha value is -4.06. The highest BCUT2D eigenvalue weighted by Crippen LogP contribution is 2.36. The largest absolute Gasteiger partial charge is 0.495 e. The quantitative estimate of drug-likeness (QED) is 0.181. The van der Waals surface area contributed by atoms with Crippen LogP contribution in [0.4, 0.5) is 10.5 Å². The zero-order chi connectivity index (χ0) is 27.9. The molecule has 0 aromatic heterocycles. The van der Waals surface area contributed by atoms with E-state index in [0.29, 0.717) is 41.7 Å². The molecule has 1 fully saturated rings. The van der Waals surface area contributed by atoms with Crippen LogP contribution in [-0.2, 0) is 16.2 Å². The van der Waals surface area contributed by atoms with Crippen molar-refractivity contribution in [1.29, 1.82) is 0 Å². The van der Waals surface area contributed by atoms with Crippen molar-refractivity contribution in [1.82, 2.24) is 10.2 Å². The summed E-state index contributed by atoms with van der Waals surface area (Å²) >= 11 is 2.15. The number of rotatable bonds is 10. The first-order valence-corrected chi connectivity index (χ1v) is 13.3. The first kappa shape index (κ1) is 28.0. The first-order chi connectivity index (χ1) is 18.8. The van der Waals surface area contributed by atoms with Crippen molar-refractivity contribution in [2.24, 2.45) is 0 Å². The molecule has 2 N–H and O–H groups in total. The number of anilines is 1. The average molecular weight is 641 g/mol. The standard InChI is InChI=1S/C29H28IN3O6/c1-4-38-25-15-20(13-21(30)27(25)39-17-19-9-7-8-18(2)12-19)14-23-28(35)33(29(36)32-23)16-26(34)31-22-10-5-6-11-24(22)37-3/h5-15H,4,16-17H2,1-3H3,(H,31,34)(H,32,36)/b23-14+. The van der Waals surface area contributed by atoms with Gasteiger partial charge in [0, 0.05) is 0 Å². The van der Waals surface area contributed by atoms with Crippen LogP contribution in [0.3, 0.4) is 0 Å². The maximum absolute atomic E-state index is 13.0. The van der Waals surface area contributed by atoms with E-state index in [4.69, 9.17) is 14.2 Å². The summed E-state index contributed by atoms with van der Waals surface area (Å²) in [5.41, 5.74) is 3.31. The van der Waals surface area contributed by atoms with E-state index in [0.717, 1.165) is 19.6 Å². The van der Waals surface area contributed by atoms with Gasteiger partial charge in [0.15, 0.2) is 11.5 Å². The first-order valence-electron chi connectivity index (χ1n) is 12.2. The van der Waals surface area contributed by atoms with Gasteiger partial charge >= 0.3 is 6.03 Å². The van der Waals surface area contributed by atoms with Crippen LogP contribution in [0, 0.1) is 10.5 Å². The Bertz CT molecular complexity index is 1440. The lowest BCUT2D eigenvalue weighted by molar-refractivity contribution is -0.127. The van der Waals surface area contributed by atoms with Crippen molar-refractivity contribution in [2.45, 2.75) is 20.5 Å². The van der Waals surface area contributed by atoms with Gasteiger partial charge in [-0.3, -0.25) is 9.59 Å². The fourth-order valence-corrected chi connectivity index (χ4v) is 4.78. The normalized spacial score (nSPS) is 13.8. The summed E-state index contributed by atoms with van der Waals surface area (Å²) in [5.74, 6) is 0.441. The summed E-state index contributed by atoms with van der Waals surface area (Å²) < 4.78 is 17.9. The number of amides is 4. The summed E-state index contributed by atoms with van der Waals surface area (Å²) in [6, 6.07) is 17.8. The number of hydrogen-bond donors (Lipinski definition) is 2. The molecule has 0 unspecified atom stereocenters. The highest BCUT2D eigenvalue weighted by atomic mass is 127. The molecule has 1 aliphatic heterocycles. The molecule has 1 heterocycles. The number of benzene rings is 3. The van der Waals surface area contributed by atoms with Crippen LogP contribution in [0.1, 0.15) is 23.6 Å². The van der Waals surface area contributed by atoms with Crippen molar-refractivity contribution in [3.63, 3.8) is 0 Å². The Labute approximate surface area is 240 Å². The minimum atomic E-state index is -0.681. The van der Waals surface area contributed by atoms with Gasteiger partial charge in [-0.1, -0.05) is 42.0 Å². The molecule has 0 atom stereocenters. The summed E-state index contributed by atoms with van der Waals surface area (Å²) in [4.78, 5) is 39.0. The second-order valence-electron chi connectivity index (χ2n) is 8.67. The molecule has 4 rings (SSSR count). The van der Waals surface area contributed by atoms with Gasteiger partial charge in [0.1, 0.15) is 24.6 Å². The van der Waals surface area contributed by atoms with Crippen molar-refractivity contribution in [3.05, 3.63) is 86.6 Å². The van der Waals surface area contributed by atoms with Crippen LogP contribution in [0.2, 0.25) is 0 Å². The highest BCUT2D eigenvalue weighted by Gasteiger charge is 2.35. The Morgan fingerprint density at radius 2 is 1.85 bits per heavy atom.